The number of nitrogens with one attached hydrogen (secondary N) is 2. The number of carbonyl (C=O) groups excluding carboxylic acids is 4. The van der Waals surface area contributed by atoms with Gasteiger partial charge in [-0.25, -0.2) is 9.37 Å². The molecule has 2 heterocycles. The van der Waals surface area contributed by atoms with Crippen molar-refractivity contribution in [2.75, 3.05) is 45.7 Å². The van der Waals surface area contributed by atoms with Gasteiger partial charge in [0.05, 0.1) is 12.8 Å². The third-order valence-corrected chi connectivity index (χ3v) is 9.25. The van der Waals surface area contributed by atoms with Crippen LogP contribution in [0.3, 0.4) is 0 Å². The van der Waals surface area contributed by atoms with Crippen molar-refractivity contribution in [2.45, 2.75) is 51.0 Å². The largest absolute Gasteiger partial charge is 0.481 e. The number of hydrogen-bond donors (Lipinski definition) is 2. The highest BCUT2D eigenvalue weighted by Crippen LogP contribution is 2.34. The first-order valence-electron chi connectivity index (χ1n) is 16.3. The van der Waals surface area contributed by atoms with E-state index in [9.17, 15) is 19.2 Å². The molecular formula is C36H41ClF3N5O5. The Kier molecular flexibility index (Phi) is 13.0. The molecule has 2 N–H and O–H groups in total. The Morgan fingerprint density at radius 2 is 1.74 bits per heavy atom. The molecule has 4 rings (SSSR count). The average molecular weight is 716 g/mol. The number of rotatable bonds is 14. The van der Waals surface area contributed by atoms with Gasteiger partial charge in [-0.15, -0.1) is 0 Å². The number of ketones is 1. The minimum absolute atomic E-state index is 0.0817. The summed E-state index contributed by atoms with van der Waals surface area (Å²) in [6.45, 7) is 5.69. The van der Waals surface area contributed by atoms with Crippen molar-refractivity contribution in [3.8, 4) is 5.88 Å². The van der Waals surface area contributed by atoms with Gasteiger partial charge in [-0.2, -0.15) is 8.78 Å². The highest BCUT2D eigenvalue weighted by Gasteiger charge is 2.43. The molecule has 10 nitrogen and oxygen atoms in total. The van der Waals surface area contributed by atoms with Crippen LogP contribution >= 0.6 is 11.6 Å². The molecule has 0 radical (unpaired) electrons. The number of likely N-dealkylation sites (N-methyl/N-ethyl adjacent to an activating group) is 1. The van der Waals surface area contributed by atoms with E-state index in [2.05, 4.69) is 20.5 Å². The Balaban J connectivity index is 1.56. The number of carbonyl (C=O) groups is 4. The van der Waals surface area contributed by atoms with Crippen LogP contribution in [0.4, 0.5) is 18.9 Å². The first-order valence-corrected chi connectivity index (χ1v) is 16.6. The van der Waals surface area contributed by atoms with Gasteiger partial charge in [0.1, 0.15) is 11.9 Å². The molecule has 1 aliphatic rings. The summed E-state index contributed by atoms with van der Waals surface area (Å²) in [6, 6.07) is 11.7. The number of halogens is 4. The lowest BCUT2D eigenvalue weighted by Crippen LogP contribution is -2.55. The molecule has 0 saturated carbocycles. The van der Waals surface area contributed by atoms with Gasteiger partial charge in [-0.1, -0.05) is 49.7 Å². The summed E-state index contributed by atoms with van der Waals surface area (Å²) in [7, 11) is 3.27. The fourth-order valence-corrected chi connectivity index (χ4v) is 5.84. The number of alkyl halides is 2. The molecule has 1 aromatic heterocycles. The molecule has 3 aromatic rings. The van der Waals surface area contributed by atoms with Crippen LogP contribution in [0.15, 0.2) is 60.8 Å². The number of anilines is 1. The first kappa shape index (κ1) is 38.3. The fourth-order valence-electron chi connectivity index (χ4n) is 5.63. The van der Waals surface area contributed by atoms with E-state index in [0.717, 1.165) is 18.3 Å². The predicted molar refractivity (Wildman–Crippen MR) is 183 cm³/mol. The SMILES string of the molecule is CCC(=O)N[C@@H](C(=O)N1CCN(C)CC1)[C@@H](C)c1ccc(NC(=O)[C@@H](CC(=O)C(F)(F)c2ccc(OC)nc2)Cc2ccccc2Cl)c(F)c1. The Hall–Kier alpha value is -4.49. The van der Waals surface area contributed by atoms with E-state index < -0.39 is 53.3 Å². The number of methoxy groups -OCH3 is 1. The molecule has 268 valence electrons. The van der Waals surface area contributed by atoms with E-state index in [-0.39, 0.29) is 41.2 Å². The van der Waals surface area contributed by atoms with E-state index in [4.69, 9.17) is 16.3 Å². The Morgan fingerprint density at radius 3 is 2.34 bits per heavy atom. The standard InChI is InChI=1S/C36H41ClF3N5O5/c1-5-31(47)43-33(35(49)45-16-14-44(3)15-17-45)22(2)23-10-12-29(28(38)19-23)42-34(48)25(18-24-8-6-7-9-27(24)37)20-30(46)36(39,40)26-11-13-32(50-4)41-21-26/h6-13,19,21-22,25,33H,5,14-18,20H2,1-4H3,(H,42,48)(H,43,47)/t22-,25+,33+/m0/s1. The van der Waals surface area contributed by atoms with Gasteiger partial charge >= 0.3 is 5.92 Å². The smallest absolute Gasteiger partial charge is 0.331 e. The number of hydrogen-bond acceptors (Lipinski definition) is 7. The van der Waals surface area contributed by atoms with Crippen molar-refractivity contribution in [2.24, 2.45) is 5.92 Å². The second-order valence-electron chi connectivity index (χ2n) is 12.3. The number of piperazine rings is 1. The molecule has 3 atom stereocenters. The number of pyridine rings is 1. The lowest BCUT2D eigenvalue weighted by molar-refractivity contribution is -0.146. The fraction of sp³-hybridized carbons (Fsp3) is 0.417. The maximum absolute atomic E-state index is 15.6. The van der Waals surface area contributed by atoms with Crippen molar-refractivity contribution in [3.63, 3.8) is 0 Å². The zero-order valence-electron chi connectivity index (χ0n) is 28.4. The number of Topliss-reactive ketones (excluding diaryl/α,β-unsaturated/α-hetero) is 1. The van der Waals surface area contributed by atoms with E-state index in [1.54, 1.807) is 43.0 Å². The molecule has 50 heavy (non-hydrogen) atoms. The minimum atomic E-state index is -3.98. The van der Waals surface area contributed by atoms with E-state index >= 15 is 13.2 Å². The van der Waals surface area contributed by atoms with Crippen molar-refractivity contribution >= 4 is 40.8 Å². The molecule has 2 aromatic carbocycles. The van der Waals surface area contributed by atoms with Gasteiger partial charge in [0.15, 0.2) is 0 Å². The van der Waals surface area contributed by atoms with Crippen LogP contribution in [0.1, 0.15) is 49.3 Å². The van der Waals surface area contributed by atoms with Gasteiger partial charge in [-0.3, -0.25) is 19.2 Å². The summed E-state index contributed by atoms with van der Waals surface area (Å²) >= 11 is 6.30. The number of nitrogens with zero attached hydrogens (tertiary/aromatic N) is 3. The maximum atomic E-state index is 15.6. The highest BCUT2D eigenvalue weighted by atomic mass is 35.5. The Bertz CT molecular complexity index is 1680. The molecule has 1 saturated heterocycles. The summed E-state index contributed by atoms with van der Waals surface area (Å²) in [4.78, 5) is 60.1. The number of aromatic nitrogens is 1. The van der Waals surface area contributed by atoms with Crippen LogP contribution in [-0.4, -0.2) is 84.7 Å². The zero-order chi connectivity index (χ0) is 36.6. The molecule has 0 bridgehead atoms. The maximum Gasteiger partial charge on any atom is 0.331 e. The molecule has 0 spiro atoms. The van der Waals surface area contributed by atoms with Crippen LogP contribution in [0, 0.1) is 11.7 Å². The molecule has 1 aliphatic heterocycles. The molecule has 0 aliphatic carbocycles. The third kappa shape index (κ3) is 9.39. The van der Waals surface area contributed by atoms with Crippen LogP contribution in [0.5, 0.6) is 5.88 Å². The van der Waals surface area contributed by atoms with Crippen molar-refractivity contribution in [3.05, 3.63) is 88.3 Å². The van der Waals surface area contributed by atoms with E-state index in [0.29, 0.717) is 37.3 Å². The van der Waals surface area contributed by atoms with E-state index in [1.807, 2.05) is 7.05 Å². The first-order chi connectivity index (χ1) is 23.7. The lowest BCUT2D eigenvalue weighted by atomic mass is 9.90. The minimum Gasteiger partial charge on any atom is -0.481 e. The van der Waals surface area contributed by atoms with Gasteiger partial charge in [0.2, 0.25) is 29.4 Å². The quantitative estimate of drug-likeness (QED) is 0.235. The van der Waals surface area contributed by atoms with E-state index in [1.165, 1.54) is 25.3 Å². The Morgan fingerprint density at radius 1 is 1.04 bits per heavy atom. The van der Waals surface area contributed by atoms with Crippen molar-refractivity contribution < 1.29 is 37.1 Å². The van der Waals surface area contributed by atoms with Gasteiger partial charge < -0.3 is 25.2 Å². The summed E-state index contributed by atoms with van der Waals surface area (Å²) in [5.41, 5.74) is -0.102. The molecule has 1 fully saturated rings. The third-order valence-electron chi connectivity index (χ3n) is 8.88. The van der Waals surface area contributed by atoms with Crippen molar-refractivity contribution in [1.82, 2.24) is 20.1 Å². The average Bonchev–Trinajstić information content (AvgIpc) is 3.11. The van der Waals surface area contributed by atoms with Crippen LogP contribution in [-0.2, 0) is 31.5 Å². The summed E-state index contributed by atoms with van der Waals surface area (Å²) in [6.07, 6.45) is -0.0910. The topological polar surface area (TPSA) is 121 Å². The highest BCUT2D eigenvalue weighted by molar-refractivity contribution is 6.31. The number of ether oxygens (including phenoxy) is 1. The van der Waals surface area contributed by atoms with Crippen LogP contribution in [0.2, 0.25) is 5.02 Å². The number of benzene rings is 2. The summed E-state index contributed by atoms with van der Waals surface area (Å²) in [5, 5.41) is 5.49. The normalized spacial score (nSPS) is 15.5. The van der Waals surface area contributed by atoms with Gasteiger partial charge in [0, 0.05) is 73.7 Å². The molecule has 0 unspecified atom stereocenters. The lowest BCUT2D eigenvalue weighted by Gasteiger charge is -2.36. The van der Waals surface area contributed by atoms with Crippen molar-refractivity contribution in [1.29, 1.82) is 0 Å². The Labute approximate surface area is 294 Å². The second-order valence-corrected chi connectivity index (χ2v) is 12.7. The zero-order valence-corrected chi connectivity index (χ0v) is 29.1. The van der Waals surface area contributed by atoms with Crippen LogP contribution in [0.25, 0.3) is 0 Å². The van der Waals surface area contributed by atoms with Crippen LogP contribution < -0.4 is 15.4 Å². The molecular weight excluding hydrogens is 675 g/mol. The predicted octanol–water partition coefficient (Wildman–Crippen LogP) is 5.20. The van der Waals surface area contributed by atoms with Gasteiger partial charge in [-0.05, 0) is 48.9 Å². The monoisotopic (exact) mass is 715 g/mol. The summed E-state index contributed by atoms with van der Waals surface area (Å²) in [5.74, 6) is -9.77. The van der Waals surface area contributed by atoms with Gasteiger partial charge in [0.25, 0.3) is 0 Å². The second kappa shape index (κ2) is 16.9. The molecule has 14 heteroatoms. The number of amides is 3. The summed E-state index contributed by atoms with van der Waals surface area (Å²) < 4.78 is 51.1. The molecule has 3 amide bonds.